The Balaban J connectivity index is 1.50. The number of aliphatic hydroxyl groups excluding tert-OH is 1. The Labute approximate surface area is 140 Å². The summed E-state index contributed by atoms with van der Waals surface area (Å²) in [6.45, 7) is 0.380. The number of rotatable bonds is 7. The largest absolute Gasteiger partial charge is 0.472 e. The van der Waals surface area contributed by atoms with Crippen molar-refractivity contribution in [2.24, 2.45) is 0 Å². The lowest BCUT2D eigenvalue weighted by atomic mass is 10.2. The molecule has 2 heterocycles. The van der Waals surface area contributed by atoms with E-state index in [0.29, 0.717) is 18.2 Å². The molecule has 0 amide bonds. The van der Waals surface area contributed by atoms with Gasteiger partial charge in [-0.3, -0.25) is 0 Å². The van der Waals surface area contributed by atoms with Crippen molar-refractivity contribution in [3.8, 4) is 5.88 Å². The quantitative estimate of drug-likeness (QED) is 0.717. The van der Waals surface area contributed by atoms with Crippen LogP contribution in [0.1, 0.15) is 22.6 Å². The molecular formula is C18H18N4O2. The summed E-state index contributed by atoms with van der Waals surface area (Å²) in [5, 5.41) is 25.2. The fourth-order valence-corrected chi connectivity index (χ4v) is 2.15. The van der Waals surface area contributed by atoms with Crippen LogP contribution in [-0.4, -0.2) is 25.5 Å². The van der Waals surface area contributed by atoms with Crippen molar-refractivity contribution < 1.29 is 9.84 Å². The van der Waals surface area contributed by atoms with Crippen molar-refractivity contribution in [1.29, 1.82) is 0 Å². The first-order chi connectivity index (χ1) is 11.8. The fourth-order valence-electron chi connectivity index (χ4n) is 2.15. The molecule has 3 rings (SSSR count). The van der Waals surface area contributed by atoms with Crippen LogP contribution in [0.3, 0.4) is 0 Å². The molecule has 0 atom stereocenters. The predicted octanol–water partition coefficient (Wildman–Crippen LogP) is 2.12. The van der Waals surface area contributed by atoms with Crippen LogP contribution >= 0.6 is 0 Å². The monoisotopic (exact) mass is 322 g/mol. The zero-order valence-electron chi connectivity index (χ0n) is 13.2. The first-order valence-corrected chi connectivity index (χ1v) is 7.75. The number of ether oxygens (including phenoxy) is 1. The molecule has 24 heavy (non-hydrogen) atoms. The number of aryl methyl sites for hydroxylation is 2. The highest BCUT2D eigenvalue weighted by atomic mass is 16.5. The molecule has 3 aromatic rings. The van der Waals surface area contributed by atoms with E-state index in [1.54, 1.807) is 6.07 Å². The predicted molar refractivity (Wildman–Crippen MR) is 88.2 cm³/mol. The third-order valence-corrected chi connectivity index (χ3v) is 3.50. The van der Waals surface area contributed by atoms with Crippen molar-refractivity contribution in [3.63, 3.8) is 0 Å². The van der Waals surface area contributed by atoms with Crippen LogP contribution in [0.25, 0.3) is 0 Å². The lowest BCUT2D eigenvalue weighted by molar-refractivity contribution is 0.275. The molecule has 1 N–H and O–H groups in total. The van der Waals surface area contributed by atoms with Gasteiger partial charge in [0.15, 0.2) is 0 Å². The number of hydrogen-bond acceptors (Lipinski definition) is 6. The molecule has 0 radical (unpaired) electrons. The standard InChI is InChI=1S/C18H18N4O2/c23-12-17-9-8-15(19-21-17)6-7-16-10-11-18(22-20-16)24-13-14-4-2-1-3-5-14/h1-5,8-11,23H,6-7,12-13H2. The molecule has 0 unspecified atom stereocenters. The minimum absolute atomic E-state index is 0.0940. The van der Waals surface area contributed by atoms with Crippen LogP contribution in [0, 0.1) is 0 Å². The molecule has 0 saturated heterocycles. The zero-order chi connectivity index (χ0) is 16.6. The normalized spacial score (nSPS) is 10.5. The van der Waals surface area contributed by atoms with Gasteiger partial charge in [0, 0.05) is 6.07 Å². The minimum atomic E-state index is -0.0940. The third kappa shape index (κ3) is 4.57. The highest BCUT2D eigenvalue weighted by Gasteiger charge is 2.03. The summed E-state index contributed by atoms with van der Waals surface area (Å²) in [5.41, 5.74) is 3.39. The Hall–Kier alpha value is -2.86. The van der Waals surface area contributed by atoms with Crippen molar-refractivity contribution in [2.75, 3.05) is 0 Å². The second kappa shape index (κ2) is 8.12. The fraction of sp³-hybridized carbons (Fsp3) is 0.222. The molecule has 6 nitrogen and oxygen atoms in total. The lowest BCUT2D eigenvalue weighted by Gasteiger charge is -2.05. The first kappa shape index (κ1) is 16.0. The van der Waals surface area contributed by atoms with Crippen LogP contribution in [0.4, 0.5) is 0 Å². The molecule has 0 saturated carbocycles. The van der Waals surface area contributed by atoms with E-state index in [2.05, 4.69) is 20.4 Å². The topological polar surface area (TPSA) is 81.0 Å². The van der Waals surface area contributed by atoms with E-state index in [1.165, 1.54) is 0 Å². The first-order valence-electron chi connectivity index (χ1n) is 7.75. The highest BCUT2D eigenvalue weighted by Crippen LogP contribution is 2.10. The SMILES string of the molecule is OCc1ccc(CCc2ccc(OCc3ccccc3)nn2)nn1. The maximum Gasteiger partial charge on any atom is 0.233 e. The molecule has 122 valence electrons. The molecule has 6 heteroatoms. The van der Waals surface area contributed by atoms with Gasteiger partial charge in [-0.1, -0.05) is 30.3 Å². The van der Waals surface area contributed by atoms with E-state index in [4.69, 9.17) is 9.84 Å². The zero-order valence-corrected chi connectivity index (χ0v) is 13.2. The molecule has 0 spiro atoms. The molecule has 0 bridgehead atoms. The van der Waals surface area contributed by atoms with Gasteiger partial charge < -0.3 is 9.84 Å². The number of nitrogens with zero attached hydrogens (tertiary/aromatic N) is 4. The summed E-state index contributed by atoms with van der Waals surface area (Å²) >= 11 is 0. The Bertz CT molecular complexity index is 746. The third-order valence-electron chi connectivity index (χ3n) is 3.50. The van der Waals surface area contributed by atoms with Crippen molar-refractivity contribution in [3.05, 3.63) is 77.2 Å². The van der Waals surface area contributed by atoms with Gasteiger partial charge in [-0.05, 0) is 36.6 Å². The van der Waals surface area contributed by atoms with Gasteiger partial charge in [0.25, 0.3) is 0 Å². The summed E-state index contributed by atoms with van der Waals surface area (Å²) in [4.78, 5) is 0. The number of aliphatic hydroxyl groups is 1. The van der Waals surface area contributed by atoms with E-state index in [-0.39, 0.29) is 6.61 Å². The van der Waals surface area contributed by atoms with Crippen LogP contribution in [0.15, 0.2) is 54.6 Å². The lowest BCUT2D eigenvalue weighted by Crippen LogP contribution is -2.02. The summed E-state index contributed by atoms with van der Waals surface area (Å²) in [5.74, 6) is 0.509. The van der Waals surface area contributed by atoms with Gasteiger partial charge in [-0.2, -0.15) is 15.3 Å². The molecule has 0 aliphatic heterocycles. The Kier molecular flexibility index (Phi) is 5.42. The summed E-state index contributed by atoms with van der Waals surface area (Å²) in [6.07, 6.45) is 1.44. The smallest absolute Gasteiger partial charge is 0.233 e. The van der Waals surface area contributed by atoms with Crippen LogP contribution in [-0.2, 0) is 26.1 Å². The minimum Gasteiger partial charge on any atom is -0.472 e. The number of benzene rings is 1. The molecule has 2 aromatic heterocycles. The maximum absolute atomic E-state index is 8.95. The molecule has 0 aliphatic rings. The van der Waals surface area contributed by atoms with Gasteiger partial charge >= 0.3 is 0 Å². The summed E-state index contributed by atoms with van der Waals surface area (Å²) in [6, 6.07) is 17.3. The van der Waals surface area contributed by atoms with Crippen LogP contribution < -0.4 is 4.74 Å². The van der Waals surface area contributed by atoms with Gasteiger partial charge in [-0.25, -0.2) is 0 Å². The van der Waals surface area contributed by atoms with E-state index >= 15 is 0 Å². The summed E-state index contributed by atoms with van der Waals surface area (Å²) < 4.78 is 5.62. The number of aromatic nitrogens is 4. The van der Waals surface area contributed by atoms with Gasteiger partial charge in [0.2, 0.25) is 5.88 Å². The van der Waals surface area contributed by atoms with Crippen molar-refractivity contribution in [1.82, 2.24) is 20.4 Å². The molecule has 0 aliphatic carbocycles. The Morgan fingerprint density at radius 1 is 0.708 bits per heavy atom. The Morgan fingerprint density at radius 2 is 1.33 bits per heavy atom. The highest BCUT2D eigenvalue weighted by molar-refractivity contribution is 5.17. The molecule has 0 fully saturated rings. The van der Waals surface area contributed by atoms with E-state index in [1.807, 2.05) is 48.5 Å². The van der Waals surface area contributed by atoms with Gasteiger partial charge in [0.05, 0.1) is 23.7 Å². The van der Waals surface area contributed by atoms with Crippen LogP contribution in [0.5, 0.6) is 5.88 Å². The van der Waals surface area contributed by atoms with E-state index < -0.39 is 0 Å². The number of hydrogen-bond donors (Lipinski definition) is 1. The molecular weight excluding hydrogens is 304 g/mol. The van der Waals surface area contributed by atoms with Gasteiger partial charge in [0.1, 0.15) is 6.61 Å². The van der Waals surface area contributed by atoms with Gasteiger partial charge in [-0.15, -0.1) is 5.10 Å². The second-order valence-corrected chi connectivity index (χ2v) is 5.31. The Morgan fingerprint density at radius 3 is 1.92 bits per heavy atom. The maximum atomic E-state index is 8.95. The van der Waals surface area contributed by atoms with Crippen LogP contribution in [0.2, 0.25) is 0 Å². The van der Waals surface area contributed by atoms with E-state index in [0.717, 1.165) is 29.8 Å². The summed E-state index contributed by atoms with van der Waals surface area (Å²) in [7, 11) is 0. The average molecular weight is 322 g/mol. The van der Waals surface area contributed by atoms with Crippen molar-refractivity contribution in [2.45, 2.75) is 26.1 Å². The molecule has 1 aromatic carbocycles. The average Bonchev–Trinajstić information content (AvgIpc) is 2.67. The van der Waals surface area contributed by atoms with Crippen molar-refractivity contribution >= 4 is 0 Å². The van der Waals surface area contributed by atoms with E-state index in [9.17, 15) is 0 Å². The second-order valence-electron chi connectivity index (χ2n) is 5.31.